The minimum Gasteiger partial charge on any atom is -0.496 e. The van der Waals surface area contributed by atoms with Crippen LogP contribution >= 0.6 is 24.8 Å². The van der Waals surface area contributed by atoms with Crippen LogP contribution in [0.4, 0.5) is 0 Å². The van der Waals surface area contributed by atoms with Crippen LogP contribution in [-0.4, -0.2) is 35.8 Å². The molecule has 0 saturated heterocycles. The third kappa shape index (κ3) is 2.93. The summed E-state index contributed by atoms with van der Waals surface area (Å²) in [5, 5.41) is 8.67. The zero-order chi connectivity index (χ0) is 11.7. The molecule has 2 heterocycles. The molecule has 0 atom stereocenters. The summed E-state index contributed by atoms with van der Waals surface area (Å²) in [6.07, 6.45) is 1.84. The van der Waals surface area contributed by atoms with Gasteiger partial charge in [0, 0.05) is 6.54 Å². The van der Waals surface area contributed by atoms with Crippen molar-refractivity contribution in [1.29, 1.82) is 0 Å². The zero-order valence-electron chi connectivity index (χ0n) is 10.5. The predicted octanol–water partition coefficient (Wildman–Crippen LogP) is 1.89. The zero-order valence-corrected chi connectivity index (χ0v) is 12.1. The van der Waals surface area contributed by atoms with Gasteiger partial charge in [-0.25, -0.2) is 0 Å². The van der Waals surface area contributed by atoms with Crippen LogP contribution in [0.15, 0.2) is 29.4 Å². The third-order valence-corrected chi connectivity index (χ3v) is 2.91. The largest absolute Gasteiger partial charge is 0.496 e. The lowest BCUT2D eigenvalue weighted by molar-refractivity contribution is 0.420. The van der Waals surface area contributed by atoms with Crippen molar-refractivity contribution in [2.75, 3.05) is 20.2 Å². The smallest absolute Gasteiger partial charge is 0.129 e. The van der Waals surface area contributed by atoms with Crippen molar-refractivity contribution >= 4 is 41.6 Å². The molecule has 0 radical (unpaired) electrons. The molecule has 0 saturated carbocycles. The van der Waals surface area contributed by atoms with E-state index in [1.807, 2.05) is 29.1 Å². The van der Waals surface area contributed by atoms with Crippen LogP contribution in [0, 0.1) is 0 Å². The number of halogens is 2. The number of amidine groups is 1. The minimum atomic E-state index is 0. The number of nitrogens with one attached hydrogen (secondary N) is 1. The Morgan fingerprint density at radius 1 is 1.37 bits per heavy atom. The lowest BCUT2D eigenvalue weighted by atomic mass is 10.2. The summed E-state index contributed by atoms with van der Waals surface area (Å²) in [4.78, 5) is 4.37. The molecule has 0 unspecified atom stereocenters. The van der Waals surface area contributed by atoms with E-state index in [4.69, 9.17) is 4.74 Å². The van der Waals surface area contributed by atoms with Gasteiger partial charge >= 0.3 is 0 Å². The van der Waals surface area contributed by atoms with Gasteiger partial charge in [0.1, 0.15) is 11.6 Å². The van der Waals surface area contributed by atoms with Crippen molar-refractivity contribution in [3.05, 3.63) is 24.4 Å². The van der Waals surface area contributed by atoms with Crippen molar-refractivity contribution < 1.29 is 4.74 Å². The molecular formula is C12H16Cl2N4O. The number of hydrogen-bond acceptors (Lipinski definition) is 4. The van der Waals surface area contributed by atoms with E-state index in [1.165, 1.54) is 0 Å². The van der Waals surface area contributed by atoms with Crippen molar-refractivity contribution in [1.82, 2.24) is 15.1 Å². The Morgan fingerprint density at radius 2 is 2.21 bits per heavy atom. The third-order valence-electron chi connectivity index (χ3n) is 2.91. The van der Waals surface area contributed by atoms with E-state index in [0.29, 0.717) is 6.54 Å². The lowest BCUT2D eigenvalue weighted by Crippen LogP contribution is -2.24. The summed E-state index contributed by atoms with van der Waals surface area (Å²) in [6, 6.07) is 5.96. The first kappa shape index (κ1) is 15.6. The minimum absolute atomic E-state index is 0. The molecule has 5 nitrogen and oxygen atoms in total. The molecule has 0 bridgehead atoms. The molecule has 1 N–H and O–H groups in total. The van der Waals surface area contributed by atoms with Gasteiger partial charge in [0.15, 0.2) is 0 Å². The summed E-state index contributed by atoms with van der Waals surface area (Å²) >= 11 is 0. The quantitative estimate of drug-likeness (QED) is 0.942. The highest BCUT2D eigenvalue weighted by molar-refractivity contribution is 5.88. The number of aromatic nitrogens is 2. The Balaban J connectivity index is 0.000000902. The van der Waals surface area contributed by atoms with Gasteiger partial charge in [-0.2, -0.15) is 5.10 Å². The van der Waals surface area contributed by atoms with E-state index in [9.17, 15) is 0 Å². The average molecular weight is 303 g/mol. The number of benzene rings is 1. The van der Waals surface area contributed by atoms with E-state index in [-0.39, 0.29) is 24.8 Å². The molecule has 3 rings (SSSR count). The fraction of sp³-hybridized carbons (Fsp3) is 0.333. The Bertz CT molecular complexity index is 582. The van der Waals surface area contributed by atoms with Gasteiger partial charge in [0.2, 0.25) is 0 Å². The highest BCUT2D eigenvalue weighted by Crippen LogP contribution is 2.24. The number of aliphatic imine (C=N–C) groups is 1. The van der Waals surface area contributed by atoms with Gasteiger partial charge in [-0.05, 0) is 12.1 Å². The van der Waals surface area contributed by atoms with E-state index < -0.39 is 0 Å². The topological polar surface area (TPSA) is 51.4 Å². The van der Waals surface area contributed by atoms with Crippen LogP contribution in [0.5, 0.6) is 5.75 Å². The van der Waals surface area contributed by atoms with Crippen molar-refractivity contribution in [3.63, 3.8) is 0 Å². The maximum absolute atomic E-state index is 5.31. The number of hydrogen-bond donors (Lipinski definition) is 1. The Hall–Kier alpha value is -1.46. The van der Waals surface area contributed by atoms with Gasteiger partial charge in [-0.15, -0.1) is 24.8 Å². The molecule has 1 aliphatic rings. The van der Waals surface area contributed by atoms with Crippen LogP contribution in [0.1, 0.15) is 0 Å². The molecule has 7 heteroatoms. The molecule has 1 aliphatic heterocycles. The number of methoxy groups -OCH3 is 1. The SMILES string of the molecule is COc1cccc2c1cnn2CC1=NCCN1.Cl.Cl. The molecule has 104 valence electrons. The van der Waals surface area contributed by atoms with E-state index in [1.54, 1.807) is 7.11 Å². The first-order valence-corrected chi connectivity index (χ1v) is 5.64. The molecule has 0 spiro atoms. The lowest BCUT2D eigenvalue weighted by Gasteiger charge is -2.05. The van der Waals surface area contributed by atoms with Gasteiger partial charge in [0.05, 0.1) is 37.3 Å². The molecule has 2 aromatic rings. The Labute approximate surface area is 123 Å². The average Bonchev–Trinajstić information content (AvgIpc) is 2.99. The Kier molecular flexibility index (Phi) is 5.44. The summed E-state index contributed by atoms with van der Waals surface area (Å²) in [5.74, 6) is 1.85. The number of fused-ring (bicyclic) bond motifs is 1. The number of ether oxygens (including phenoxy) is 1. The van der Waals surface area contributed by atoms with Gasteiger partial charge < -0.3 is 10.1 Å². The highest BCUT2D eigenvalue weighted by atomic mass is 35.5. The molecule has 1 aromatic heterocycles. The number of nitrogens with zero attached hydrogens (tertiary/aromatic N) is 3. The summed E-state index contributed by atoms with van der Waals surface area (Å²) in [6.45, 7) is 2.48. The fourth-order valence-corrected chi connectivity index (χ4v) is 2.08. The van der Waals surface area contributed by atoms with Crippen molar-refractivity contribution in [2.45, 2.75) is 6.54 Å². The van der Waals surface area contributed by atoms with Crippen LogP contribution in [0.3, 0.4) is 0 Å². The Morgan fingerprint density at radius 3 is 2.89 bits per heavy atom. The highest BCUT2D eigenvalue weighted by Gasteiger charge is 2.10. The maximum atomic E-state index is 5.31. The molecule has 1 aromatic carbocycles. The first-order valence-electron chi connectivity index (χ1n) is 5.64. The van der Waals surface area contributed by atoms with Crippen LogP contribution < -0.4 is 10.1 Å². The normalized spacial score (nSPS) is 13.2. The molecule has 0 aliphatic carbocycles. The van der Waals surface area contributed by atoms with E-state index in [0.717, 1.165) is 35.6 Å². The molecular weight excluding hydrogens is 287 g/mol. The van der Waals surface area contributed by atoms with Crippen LogP contribution in [-0.2, 0) is 6.54 Å². The number of rotatable bonds is 3. The van der Waals surface area contributed by atoms with Gasteiger partial charge in [0.25, 0.3) is 0 Å². The second-order valence-electron chi connectivity index (χ2n) is 3.95. The van der Waals surface area contributed by atoms with E-state index in [2.05, 4.69) is 15.4 Å². The van der Waals surface area contributed by atoms with Crippen LogP contribution in [0.25, 0.3) is 10.9 Å². The van der Waals surface area contributed by atoms with Crippen LogP contribution in [0.2, 0.25) is 0 Å². The molecule has 0 amide bonds. The molecule has 19 heavy (non-hydrogen) atoms. The standard InChI is InChI=1S/C12H14N4O.2ClH/c1-17-11-4-2-3-10-9(11)7-15-16(10)8-12-13-5-6-14-12;;/h2-4,7H,5-6,8H2,1H3,(H,13,14);2*1H. The maximum Gasteiger partial charge on any atom is 0.129 e. The molecule has 0 fully saturated rings. The predicted molar refractivity (Wildman–Crippen MR) is 81.1 cm³/mol. The summed E-state index contributed by atoms with van der Waals surface area (Å²) in [5.41, 5.74) is 1.07. The van der Waals surface area contributed by atoms with Gasteiger partial charge in [-0.3, -0.25) is 9.67 Å². The monoisotopic (exact) mass is 302 g/mol. The van der Waals surface area contributed by atoms with E-state index >= 15 is 0 Å². The second-order valence-corrected chi connectivity index (χ2v) is 3.95. The summed E-state index contributed by atoms with van der Waals surface area (Å²) < 4.78 is 7.25. The van der Waals surface area contributed by atoms with Crippen molar-refractivity contribution in [2.24, 2.45) is 4.99 Å². The van der Waals surface area contributed by atoms with Gasteiger partial charge in [-0.1, -0.05) is 6.07 Å². The summed E-state index contributed by atoms with van der Waals surface area (Å²) in [7, 11) is 1.68. The first-order chi connectivity index (χ1) is 8.38. The fourth-order valence-electron chi connectivity index (χ4n) is 2.08. The second kappa shape index (κ2) is 6.63. The van der Waals surface area contributed by atoms with Crippen molar-refractivity contribution in [3.8, 4) is 5.75 Å².